The molecule has 12 aromatic rings. The van der Waals surface area contributed by atoms with E-state index in [4.69, 9.17) is 0 Å². The van der Waals surface area contributed by atoms with E-state index in [9.17, 15) is 11.0 Å². The Morgan fingerprint density at radius 3 is 1.31 bits per heavy atom. The lowest BCUT2D eigenvalue weighted by Gasteiger charge is -2.26. The summed E-state index contributed by atoms with van der Waals surface area (Å²) in [5.74, 6) is 0. The Morgan fingerprint density at radius 2 is 0.672 bits per heavy atom. The number of benzene rings is 12. The van der Waals surface area contributed by atoms with E-state index in [1.165, 1.54) is 4.90 Å². The van der Waals surface area contributed by atoms with Crippen LogP contribution in [0.25, 0.3) is 99.1 Å². The SMILES string of the molecule is [2H]c1c([2H])c(N(c2ccc(-c3cc4ccccc4c4ccccc34)cc2)c2c([2H])c([2H])c(-c3cccc(-c4cccc5ccccc45)c3)c([2H])c2[2H])c([2H])c([2H])c1-c1cc(-c2ccccc2)cc(-c2ccccc2)c1. The summed E-state index contributed by atoms with van der Waals surface area (Å²) < 4.78 is 78.2. The average molecular weight is 860 g/mol. The highest BCUT2D eigenvalue weighted by molar-refractivity contribution is 6.13. The maximum absolute atomic E-state index is 9.87. The van der Waals surface area contributed by atoms with Gasteiger partial charge >= 0.3 is 0 Å². The Bertz CT molecular complexity index is 4090. The van der Waals surface area contributed by atoms with E-state index in [1.807, 2.05) is 164 Å². The highest BCUT2D eigenvalue weighted by Gasteiger charge is 2.16. The van der Waals surface area contributed by atoms with Crippen molar-refractivity contribution in [3.8, 4) is 66.8 Å². The molecule has 12 aromatic carbocycles. The number of nitrogens with zero attached hydrogens (tertiary/aromatic N) is 1. The zero-order chi connectivity index (χ0) is 51.5. The van der Waals surface area contributed by atoms with Crippen LogP contribution in [0.1, 0.15) is 11.0 Å². The molecule has 0 saturated carbocycles. The summed E-state index contributed by atoms with van der Waals surface area (Å²) in [6, 6.07) is 70.1. The van der Waals surface area contributed by atoms with Gasteiger partial charge in [0.05, 0.1) is 11.0 Å². The molecule has 1 nitrogen and oxygen atoms in total. The van der Waals surface area contributed by atoms with Gasteiger partial charge in [0.1, 0.15) is 0 Å². The largest absolute Gasteiger partial charge is 0.311 e. The number of hydrogen-bond acceptors (Lipinski definition) is 1. The van der Waals surface area contributed by atoms with Crippen molar-refractivity contribution >= 4 is 49.4 Å². The first-order chi connectivity index (χ1) is 36.5. The van der Waals surface area contributed by atoms with Crippen molar-refractivity contribution in [3.05, 3.63) is 273 Å². The van der Waals surface area contributed by atoms with Gasteiger partial charge in [0.15, 0.2) is 0 Å². The van der Waals surface area contributed by atoms with Gasteiger partial charge in [-0.3, -0.25) is 0 Å². The van der Waals surface area contributed by atoms with Crippen LogP contribution in [0.4, 0.5) is 17.1 Å². The molecule has 0 radical (unpaired) electrons. The van der Waals surface area contributed by atoms with Crippen molar-refractivity contribution in [3.63, 3.8) is 0 Å². The smallest absolute Gasteiger partial charge is 0.0645 e. The minimum atomic E-state index is -0.411. The summed E-state index contributed by atoms with van der Waals surface area (Å²) in [5, 5.41) is 6.43. The molecular weight excluding hydrogens is 807 g/mol. The second-order valence-electron chi connectivity index (χ2n) is 16.7. The van der Waals surface area contributed by atoms with Crippen LogP contribution in [0.5, 0.6) is 0 Å². The fourth-order valence-corrected chi connectivity index (χ4v) is 9.26. The van der Waals surface area contributed by atoms with Gasteiger partial charge in [-0.2, -0.15) is 0 Å². The average Bonchev–Trinajstić information content (AvgIpc) is 3.46. The predicted octanol–water partition coefficient (Wildman–Crippen LogP) is 18.6. The first-order valence-corrected chi connectivity index (χ1v) is 22.4. The number of fused-ring (bicyclic) bond motifs is 4. The number of anilines is 3. The van der Waals surface area contributed by atoms with Crippen LogP contribution in [0.2, 0.25) is 0 Å². The highest BCUT2D eigenvalue weighted by atomic mass is 15.1. The maximum Gasteiger partial charge on any atom is 0.0645 e. The summed E-state index contributed by atoms with van der Waals surface area (Å²) in [6.45, 7) is 0. The van der Waals surface area contributed by atoms with Crippen LogP contribution in [0.15, 0.2) is 273 Å². The standard InChI is InChI=1S/C66H45N/c1-3-15-46(16-4-1)55-42-56(47-17-5-2-6-18-47)44-57(43-55)49-31-37-59(38-32-49)67(60-39-33-51(34-40-60)66-45-54-20-8-10-25-63(54)64-26-11-12-27-65(64)66)58-35-29-48(30-36-58)52-22-13-23-53(41-52)62-28-14-21-50-19-7-9-24-61(50)62/h1-45H/i29D,30D,31D,32D,35D,36D,37D,38D. The van der Waals surface area contributed by atoms with Crippen LogP contribution >= 0.6 is 0 Å². The highest BCUT2D eigenvalue weighted by Crippen LogP contribution is 2.41. The lowest BCUT2D eigenvalue weighted by atomic mass is 9.93. The molecule has 0 atom stereocenters. The third kappa shape index (κ3) is 7.73. The zero-order valence-electron chi connectivity index (χ0n) is 44.3. The van der Waals surface area contributed by atoms with Gasteiger partial charge in [-0.15, -0.1) is 0 Å². The molecular formula is C66H45N. The lowest BCUT2D eigenvalue weighted by Crippen LogP contribution is -2.09. The molecule has 0 bridgehead atoms. The molecule has 0 N–H and O–H groups in total. The Balaban J connectivity index is 1.06. The summed E-state index contributed by atoms with van der Waals surface area (Å²) in [4.78, 5) is 1.37. The molecule has 0 aliphatic rings. The molecule has 0 heterocycles. The summed E-state index contributed by atoms with van der Waals surface area (Å²) in [7, 11) is 0. The third-order valence-corrected chi connectivity index (χ3v) is 12.6. The Morgan fingerprint density at radius 1 is 0.224 bits per heavy atom. The predicted molar refractivity (Wildman–Crippen MR) is 286 cm³/mol. The van der Waals surface area contributed by atoms with Gasteiger partial charge < -0.3 is 4.90 Å². The third-order valence-electron chi connectivity index (χ3n) is 12.6. The fourth-order valence-electron chi connectivity index (χ4n) is 9.26. The van der Waals surface area contributed by atoms with Crippen LogP contribution in [-0.2, 0) is 0 Å². The number of hydrogen-bond donors (Lipinski definition) is 0. The van der Waals surface area contributed by atoms with Crippen molar-refractivity contribution in [1.82, 2.24) is 0 Å². The van der Waals surface area contributed by atoms with E-state index in [1.54, 1.807) is 18.2 Å². The topological polar surface area (TPSA) is 3.24 Å². The van der Waals surface area contributed by atoms with E-state index >= 15 is 0 Å². The zero-order valence-corrected chi connectivity index (χ0v) is 36.3. The minimum absolute atomic E-state index is 0.0863. The van der Waals surface area contributed by atoms with E-state index in [0.29, 0.717) is 16.8 Å². The van der Waals surface area contributed by atoms with Crippen LogP contribution < -0.4 is 4.90 Å². The molecule has 12 rings (SSSR count). The van der Waals surface area contributed by atoms with Crippen molar-refractivity contribution in [1.29, 1.82) is 0 Å². The normalized spacial score (nSPS) is 13.0. The molecule has 0 saturated heterocycles. The molecule has 67 heavy (non-hydrogen) atoms. The van der Waals surface area contributed by atoms with Crippen molar-refractivity contribution in [2.24, 2.45) is 0 Å². The lowest BCUT2D eigenvalue weighted by molar-refractivity contribution is 1.28. The van der Waals surface area contributed by atoms with Gasteiger partial charge in [-0.05, 0) is 166 Å². The molecule has 0 aliphatic carbocycles. The van der Waals surface area contributed by atoms with Gasteiger partial charge in [0.2, 0.25) is 0 Å². The first-order valence-electron chi connectivity index (χ1n) is 26.4. The van der Waals surface area contributed by atoms with Crippen LogP contribution in [0.3, 0.4) is 0 Å². The van der Waals surface area contributed by atoms with Crippen molar-refractivity contribution in [2.45, 2.75) is 0 Å². The van der Waals surface area contributed by atoms with E-state index in [0.717, 1.165) is 76.8 Å². The Labute approximate surface area is 403 Å². The molecule has 0 spiro atoms. The number of rotatable bonds is 9. The first kappa shape index (κ1) is 32.0. The van der Waals surface area contributed by atoms with Gasteiger partial charge in [-0.1, -0.05) is 206 Å². The molecule has 0 unspecified atom stereocenters. The molecule has 0 aromatic heterocycles. The molecule has 0 amide bonds. The second-order valence-corrected chi connectivity index (χ2v) is 16.7. The summed E-state index contributed by atoms with van der Waals surface area (Å²) >= 11 is 0. The van der Waals surface area contributed by atoms with Crippen LogP contribution in [-0.4, -0.2) is 0 Å². The quantitative estimate of drug-likeness (QED) is 0.131. The van der Waals surface area contributed by atoms with Gasteiger partial charge in [0.25, 0.3) is 0 Å². The van der Waals surface area contributed by atoms with Crippen LogP contribution in [0, 0.1) is 0 Å². The Hall–Kier alpha value is -8.78. The molecule has 314 valence electrons. The fraction of sp³-hybridized carbons (Fsp3) is 0. The van der Waals surface area contributed by atoms with Gasteiger partial charge in [0, 0.05) is 17.1 Å². The minimum Gasteiger partial charge on any atom is -0.311 e. The van der Waals surface area contributed by atoms with E-state index < -0.39 is 24.2 Å². The van der Waals surface area contributed by atoms with E-state index in [-0.39, 0.29) is 46.7 Å². The molecule has 1 heteroatoms. The molecule has 0 fully saturated rings. The maximum atomic E-state index is 9.87. The Kier molecular flexibility index (Phi) is 8.26. The van der Waals surface area contributed by atoms with Crippen molar-refractivity contribution < 1.29 is 11.0 Å². The van der Waals surface area contributed by atoms with Crippen molar-refractivity contribution in [2.75, 3.05) is 4.90 Å². The summed E-state index contributed by atoms with van der Waals surface area (Å²) in [6.07, 6.45) is 0. The van der Waals surface area contributed by atoms with Gasteiger partial charge in [-0.25, -0.2) is 0 Å². The monoisotopic (exact) mass is 859 g/mol. The van der Waals surface area contributed by atoms with E-state index in [2.05, 4.69) is 42.5 Å². The summed E-state index contributed by atoms with van der Waals surface area (Å²) in [5.41, 5.74) is 8.20. The molecule has 0 aliphatic heterocycles. The second kappa shape index (κ2) is 17.3.